The highest BCUT2D eigenvalue weighted by atomic mass is 16.5. The van der Waals surface area contributed by atoms with Gasteiger partial charge < -0.3 is 14.4 Å². The van der Waals surface area contributed by atoms with Crippen LogP contribution in [0.15, 0.2) is 12.1 Å². The molecule has 0 aromatic heterocycles. The van der Waals surface area contributed by atoms with E-state index in [0.717, 1.165) is 0 Å². The minimum atomic E-state index is -2.18. The quantitative estimate of drug-likeness (QED) is 0.795. The Kier molecular flexibility index (Phi) is 1.64. The van der Waals surface area contributed by atoms with Gasteiger partial charge in [0.05, 0.1) is 9.85 Å². The molecule has 2 bridgehead atoms. The average Bonchev–Trinajstić information content (AvgIpc) is 2.94. The normalized spacial score (nSPS) is 47.4. The topological polar surface area (TPSA) is 38.8 Å². The van der Waals surface area contributed by atoms with Crippen molar-refractivity contribution in [1.82, 2.24) is 4.90 Å². The number of nitrogens with zero attached hydrogens (tertiary/aromatic N) is 1. The highest BCUT2D eigenvalue weighted by Crippen LogP contribution is 2.62. The molecular formula is C18H21NO3. The van der Waals surface area contributed by atoms with Crippen LogP contribution in [0.1, 0.15) is 37.2 Å². The van der Waals surface area contributed by atoms with E-state index in [1.807, 2.05) is 0 Å². The zero-order valence-electron chi connectivity index (χ0n) is 17.7. The zero-order valence-corrected chi connectivity index (χ0v) is 12.7. The van der Waals surface area contributed by atoms with Gasteiger partial charge in [-0.25, -0.2) is 0 Å². The highest BCUT2D eigenvalue weighted by Gasteiger charge is 2.65. The first-order valence-electron chi connectivity index (χ1n) is 10.3. The van der Waals surface area contributed by atoms with Crippen molar-refractivity contribution < 1.29 is 21.1 Å². The Labute approximate surface area is 137 Å². The van der Waals surface area contributed by atoms with Gasteiger partial charge in [-0.1, -0.05) is 6.04 Å². The lowest BCUT2D eigenvalue weighted by molar-refractivity contribution is -0.138. The number of Topliss-reactive ketones (excluding diaryl/α,β-unsaturated/α-hetero) is 1. The van der Waals surface area contributed by atoms with E-state index in [-0.39, 0.29) is 41.4 Å². The minimum absolute atomic E-state index is 0.0262. The molecule has 1 saturated carbocycles. The van der Waals surface area contributed by atoms with Gasteiger partial charge in [-0.15, -0.1) is 0 Å². The van der Waals surface area contributed by atoms with Crippen molar-refractivity contribution in [2.75, 3.05) is 20.7 Å². The Morgan fingerprint density at radius 2 is 2.45 bits per heavy atom. The maximum atomic E-state index is 12.8. The zero-order chi connectivity index (χ0) is 19.5. The summed E-state index contributed by atoms with van der Waals surface area (Å²) in [6.07, 6.45) is -1.76. The lowest BCUT2D eigenvalue weighted by atomic mass is 9.52. The third kappa shape index (κ3) is 1.27. The maximum absolute atomic E-state index is 12.8. The first-order valence-corrected chi connectivity index (χ1v) is 7.76. The highest BCUT2D eigenvalue weighted by molar-refractivity contribution is 5.89. The van der Waals surface area contributed by atoms with E-state index in [1.165, 1.54) is 7.11 Å². The summed E-state index contributed by atoms with van der Waals surface area (Å²) in [5.41, 5.74) is -0.293. The number of likely N-dealkylation sites (tertiary alicyclic amines) is 1. The summed E-state index contributed by atoms with van der Waals surface area (Å²) in [6, 6.07) is -2.16. The Balaban J connectivity index is 1.98. The van der Waals surface area contributed by atoms with Crippen LogP contribution >= 0.6 is 0 Å². The summed E-state index contributed by atoms with van der Waals surface area (Å²) in [6.45, 7) is 0.462. The van der Waals surface area contributed by atoms with Crippen molar-refractivity contribution in [2.24, 2.45) is 5.92 Å². The number of methoxy groups -OCH3 is 1. The molecule has 0 amide bonds. The number of likely N-dealkylation sites (N-methyl/N-ethyl adjacent to an activating group) is 1. The van der Waals surface area contributed by atoms with E-state index < -0.39 is 29.8 Å². The van der Waals surface area contributed by atoms with Crippen LogP contribution in [0.25, 0.3) is 0 Å². The first-order chi connectivity index (χ1) is 12.6. The molecule has 4 heteroatoms. The first kappa shape index (κ1) is 8.92. The van der Waals surface area contributed by atoms with Crippen molar-refractivity contribution in [3.05, 3.63) is 23.2 Å². The molecule has 4 atom stereocenters. The van der Waals surface area contributed by atoms with Gasteiger partial charge in [0.1, 0.15) is 0 Å². The smallest absolute Gasteiger partial charge is 0.174 e. The van der Waals surface area contributed by atoms with Crippen molar-refractivity contribution in [3.63, 3.8) is 0 Å². The molecule has 1 saturated heterocycles. The Morgan fingerprint density at radius 3 is 3.27 bits per heavy atom. The number of hydrogen-bond acceptors (Lipinski definition) is 4. The lowest BCUT2D eigenvalue weighted by Gasteiger charge is -2.57. The van der Waals surface area contributed by atoms with Gasteiger partial charge in [-0.05, 0) is 50.3 Å². The number of carbonyl (C=O) groups is 1. The SMILES string of the molecule is [2H]c1c([2H])c2c3c(c1OC)OC1C(=O)CC[C@@H]4[C@@]31CCN(C)[C@]4([2H])C2([2H])[2H]. The predicted molar refractivity (Wildman–Crippen MR) is 81.6 cm³/mol. The molecule has 1 unspecified atom stereocenters. The van der Waals surface area contributed by atoms with Crippen molar-refractivity contribution in [1.29, 1.82) is 0 Å². The molecule has 0 N–H and O–H groups in total. The summed E-state index contributed by atoms with van der Waals surface area (Å²) in [7, 11) is 3.12. The molecule has 4 aliphatic rings. The van der Waals surface area contributed by atoms with Crippen LogP contribution in [-0.4, -0.2) is 43.5 Å². The molecule has 1 aromatic rings. The van der Waals surface area contributed by atoms with Crippen LogP contribution in [0.5, 0.6) is 11.5 Å². The fourth-order valence-electron chi connectivity index (χ4n) is 4.86. The lowest BCUT2D eigenvalue weighted by Crippen LogP contribution is -2.65. The standard InChI is InChI=1S/C18H21NO3/c1-19-8-7-18-11-4-5-13(20)17(18)22-16-14(21-2)6-3-10(15(16)18)9-12(11)19/h3,6,11-12,17H,4-5,7-9H2,1-2H3/t11-,12+,17?,18-/m0/s1/i3D,6D,9D2,12D. The predicted octanol–water partition coefficient (Wildman–Crippen LogP) is 1.93. The molecule has 1 aromatic carbocycles. The summed E-state index contributed by atoms with van der Waals surface area (Å²) >= 11 is 0. The molecule has 4 nitrogen and oxygen atoms in total. The second-order valence-corrected chi connectivity index (χ2v) is 6.64. The van der Waals surface area contributed by atoms with Crippen LogP contribution < -0.4 is 9.47 Å². The van der Waals surface area contributed by atoms with Crippen LogP contribution in [0, 0.1) is 5.92 Å². The molecule has 1 spiro atoms. The molecular weight excluding hydrogens is 278 g/mol. The summed E-state index contributed by atoms with van der Waals surface area (Å²) in [5, 5.41) is 0. The van der Waals surface area contributed by atoms with E-state index in [0.29, 0.717) is 24.9 Å². The summed E-state index contributed by atoms with van der Waals surface area (Å²) < 4.78 is 55.4. The number of benzene rings is 1. The number of rotatable bonds is 1. The molecule has 0 radical (unpaired) electrons. The minimum Gasteiger partial charge on any atom is -0.493 e. The summed E-state index contributed by atoms with van der Waals surface area (Å²) in [4.78, 5) is 14.5. The molecule has 2 aliphatic heterocycles. The van der Waals surface area contributed by atoms with Crippen LogP contribution in [0.3, 0.4) is 0 Å². The van der Waals surface area contributed by atoms with E-state index in [2.05, 4.69) is 0 Å². The number of ether oxygens (including phenoxy) is 2. The average molecular weight is 304 g/mol. The molecule has 2 fully saturated rings. The summed E-state index contributed by atoms with van der Waals surface area (Å²) in [5.74, 6) is -0.172. The van der Waals surface area contributed by atoms with Gasteiger partial charge in [0.15, 0.2) is 23.4 Å². The van der Waals surface area contributed by atoms with E-state index in [4.69, 9.17) is 15.0 Å². The van der Waals surface area contributed by atoms with E-state index in [9.17, 15) is 6.17 Å². The van der Waals surface area contributed by atoms with Gasteiger partial charge >= 0.3 is 0 Å². The Bertz CT molecular complexity index is 906. The van der Waals surface area contributed by atoms with Crippen molar-refractivity contribution in [3.8, 4) is 11.5 Å². The van der Waals surface area contributed by atoms with Gasteiger partial charge in [-0.3, -0.25) is 4.79 Å². The Hall–Kier alpha value is -1.55. The molecule has 2 heterocycles. The van der Waals surface area contributed by atoms with Crippen molar-refractivity contribution in [2.45, 2.75) is 43.2 Å². The van der Waals surface area contributed by atoms with Crippen LogP contribution in [0.2, 0.25) is 0 Å². The molecule has 116 valence electrons. The number of hydrogen-bond donors (Lipinski definition) is 0. The fourth-order valence-corrected chi connectivity index (χ4v) is 4.86. The second kappa shape index (κ2) is 4.05. The van der Waals surface area contributed by atoms with E-state index >= 15 is 0 Å². The monoisotopic (exact) mass is 304 g/mol. The molecule has 5 rings (SSSR count). The molecule has 22 heavy (non-hydrogen) atoms. The number of carbonyl (C=O) groups excluding carboxylic acids is 1. The number of ketones is 1. The van der Waals surface area contributed by atoms with Crippen LogP contribution in [-0.2, 0) is 16.6 Å². The number of piperidine rings is 1. The van der Waals surface area contributed by atoms with Gasteiger partial charge in [0, 0.05) is 27.5 Å². The molecule has 2 aliphatic carbocycles. The largest absolute Gasteiger partial charge is 0.493 e. The van der Waals surface area contributed by atoms with Crippen molar-refractivity contribution >= 4 is 5.78 Å². The maximum Gasteiger partial charge on any atom is 0.174 e. The third-order valence-corrected chi connectivity index (χ3v) is 5.81. The van der Waals surface area contributed by atoms with Gasteiger partial charge in [0.2, 0.25) is 0 Å². The van der Waals surface area contributed by atoms with Crippen LogP contribution in [0.4, 0.5) is 0 Å². The van der Waals surface area contributed by atoms with Gasteiger partial charge in [-0.2, -0.15) is 0 Å². The third-order valence-electron chi connectivity index (χ3n) is 5.81. The van der Waals surface area contributed by atoms with Gasteiger partial charge in [0.25, 0.3) is 0 Å². The Morgan fingerprint density at radius 1 is 1.59 bits per heavy atom. The second-order valence-electron chi connectivity index (χ2n) is 6.64. The fraction of sp³-hybridized carbons (Fsp3) is 0.611. The van der Waals surface area contributed by atoms with E-state index in [1.54, 1.807) is 11.9 Å².